The van der Waals surface area contributed by atoms with Crippen LogP contribution in [0.15, 0.2) is 4.42 Å². The second kappa shape index (κ2) is 4.80. The summed E-state index contributed by atoms with van der Waals surface area (Å²) in [5, 5.41) is 0. The number of oxazole rings is 1. The predicted molar refractivity (Wildman–Crippen MR) is 62.0 cm³/mol. The summed E-state index contributed by atoms with van der Waals surface area (Å²) in [5.74, 6) is 0.0242. The maximum atomic E-state index is 12.2. The van der Waals surface area contributed by atoms with Crippen LogP contribution in [-0.2, 0) is 9.53 Å². The van der Waals surface area contributed by atoms with E-state index in [0.29, 0.717) is 31.1 Å². The molecule has 1 atom stereocenters. The number of carbonyl (C=O) groups is 2. The molecule has 0 aliphatic carbocycles. The van der Waals surface area contributed by atoms with Gasteiger partial charge in [0.05, 0.1) is 18.7 Å². The monoisotopic (exact) mass is 252 g/mol. The highest BCUT2D eigenvalue weighted by Gasteiger charge is 2.34. The zero-order valence-electron chi connectivity index (χ0n) is 10.7. The number of aromatic nitrogens is 1. The van der Waals surface area contributed by atoms with Crippen molar-refractivity contribution in [2.24, 2.45) is 5.92 Å². The Balaban J connectivity index is 2.08. The third-order valence-corrected chi connectivity index (χ3v) is 3.11. The van der Waals surface area contributed by atoms with Crippen LogP contribution in [0.5, 0.6) is 0 Å². The Morgan fingerprint density at radius 1 is 1.44 bits per heavy atom. The molecule has 0 N–H and O–H groups in total. The van der Waals surface area contributed by atoms with Gasteiger partial charge in [-0.05, 0) is 13.3 Å². The Labute approximate surface area is 105 Å². The minimum atomic E-state index is -0.268. The average molecular weight is 252 g/mol. The van der Waals surface area contributed by atoms with Gasteiger partial charge in [0.25, 0.3) is 5.91 Å². The molecule has 1 unspecified atom stereocenters. The third kappa shape index (κ3) is 2.23. The van der Waals surface area contributed by atoms with Gasteiger partial charge in [0.1, 0.15) is 0 Å². The number of amides is 1. The summed E-state index contributed by atoms with van der Waals surface area (Å²) < 4.78 is 9.98. The molecule has 1 aromatic heterocycles. The van der Waals surface area contributed by atoms with Crippen molar-refractivity contribution in [3.8, 4) is 0 Å². The standard InChI is InChI=1S/C12H16N2O4/c1-7-10(18-8(2)13-7)11(15)14-5-4-9(6-14)12(16)17-3/h9H,4-6H2,1-3H3. The lowest BCUT2D eigenvalue weighted by Crippen LogP contribution is -2.30. The first kappa shape index (κ1) is 12.6. The highest BCUT2D eigenvalue weighted by molar-refractivity contribution is 5.93. The van der Waals surface area contributed by atoms with Gasteiger partial charge in [0.2, 0.25) is 5.76 Å². The van der Waals surface area contributed by atoms with Crippen molar-refractivity contribution in [1.82, 2.24) is 9.88 Å². The second-order valence-electron chi connectivity index (χ2n) is 4.41. The average Bonchev–Trinajstić information content (AvgIpc) is 2.94. The van der Waals surface area contributed by atoms with E-state index >= 15 is 0 Å². The summed E-state index contributed by atoms with van der Waals surface area (Å²) in [7, 11) is 1.36. The number of likely N-dealkylation sites (tertiary alicyclic amines) is 1. The Bertz CT molecular complexity index is 480. The van der Waals surface area contributed by atoms with Crippen molar-refractivity contribution < 1.29 is 18.7 Å². The number of ether oxygens (including phenoxy) is 1. The van der Waals surface area contributed by atoms with Crippen molar-refractivity contribution >= 4 is 11.9 Å². The molecule has 1 saturated heterocycles. The van der Waals surface area contributed by atoms with E-state index in [1.807, 2.05) is 0 Å². The SMILES string of the molecule is COC(=O)C1CCN(C(=O)c2oc(C)nc2C)C1. The van der Waals surface area contributed by atoms with Gasteiger partial charge in [-0.15, -0.1) is 0 Å². The van der Waals surface area contributed by atoms with Crippen LogP contribution < -0.4 is 0 Å². The number of hydrogen-bond acceptors (Lipinski definition) is 5. The summed E-state index contributed by atoms with van der Waals surface area (Å²) in [6.45, 7) is 4.35. The number of hydrogen-bond donors (Lipinski definition) is 0. The number of esters is 1. The summed E-state index contributed by atoms with van der Waals surface area (Å²) in [6.07, 6.45) is 0.630. The highest BCUT2D eigenvalue weighted by Crippen LogP contribution is 2.21. The summed E-state index contributed by atoms with van der Waals surface area (Å²) in [4.78, 5) is 29.2. The lowest BCUT2D eigenvalue weighted by atomic mass is 10.1. The smallest absolute Gasteiger partial charge is 0.310 e. The topological polar surface area (TPSA) is 72.6 Å². The molecule has 6 heteroatoms. The molecule has 0 spiro atoms. The Hall–Kier alpha value is -1.85. The van der Waals surface area contributed by atoms with Gasteiger partial charge in [0, 0.05) is 20.0 Å². The molecule has 0 radical (unpaired) electrons. The highest BCUT2D eigenvalue weighted by atomic mass is 16.5. The lowest BCUT2D eigenvalue weighted by Gasteiger charge is -2.14. The van der Waals surface area contributed by atoms with E-state index in [2.05, 4.69) is 9.72 Å². The molecular weight excluding hydrogens is 236 g/mol. The summed E-state index contributed by atoms with van der Waals surface area (Å²) in [6, 6.07) is 0. The van der Waals surface area contributed by atoms with Crippen molar-refractivity contribution in [3.05, 3.63) is 17.3 Å². The fourth-order valence-electron chi connectivity index (χ4n) is 2.18. The van der Waals surface area contributed by atoms with Gasteiger partial charge in [-0.2, -0.15) is 0 Å². The van der Waals surface area contributed by atoms with E-state index in [0.717, 1.165) is 0 Å². The van der Waals surface area contributed by atoms with Gasteiger partial charge in [-0.1, -0.05) is 0 Å². The molecule has 1 amide bonds. The number of aryl methyl sites for hydroxylation is 2. The molecule has 0 bridgehead atoms. The van der Waals surface area contributed by atoms with Crippen molar-refractivity contribution in [2.45, 2.75) is 20.3 Å². The van der Waals surface area contributed by atoms with Crippen LogP contribution in [0.2, 0.25) is 0 Å². The molecule has 2 rings (SSSR count). The van der Waals surface area contributed by atoms with Gasteiger partial charge in [0.15, 0.2) is 5.89 Å². The van der Waals surface area contributed by atoms with Crippen LogP contribution in [0.1, 0.15) is 28.6 Å². The molecule has 18 heavy (non-hydrogen) atoms. The second-order valence-corrected chi connectivity index (χ2v) is 4.41. The Kier molecular flexibility index (Phi) is 3.36. The van der Waals surface area contributed by atoms with E-state index in [1.54, 1.807) is 18.7 Å². The van der Waals surface area contributed by atoms with Crippen LogP contribution in [0.3, 0.4) is 0 Å². The van der Waals surface area contributed by atoms with Crippen molar-refractivity contribution in [1.29, 1.82) is 0 Å². The molecule has 0 saturated carbocycles. The zero-order chi connectivity index (χ0) is 13.3. The van der Waals surface area contributed by atoms with Gasteiger partial charge in [-0.3, -0.25) is 9.59 Å². The van der Waals surface area contributed by atoms with Crippen LogP contribution in [0.25, 0.3) is 0 Å². The molecule has 1 aliphatic rings. The zero-order valence-corrected chi connectivity index (χ0v) is 10.7. The number of carbonyl (C=O) groups excluding carboxylic acids is 2. The van der Waals surface area contributed by atoms with E-state index < -0.39 is 0 Å². The van der Waals surface area contributed by atoms with Crippen LogP contribution in [0.4, 0.5) is 0 Å². The van der Waals surface area contributed by atoms with E-state index in [9.17, 15) is 9.59 Å². The molecular formula is C12H16N2O4. The fourth-order valence-corrected chi connectivity index (χ4v) is 2.18. The number of rotatable bonds is 2. The van der Waals surface area contributed by atoms with Crippen LogP contribution in [-0.4, -0.2) is 42.0 Å². The quantitative estimate of drug-likeness (QED) is 0.732. The van der Waals surface area contributed by atoms with Gasteiger partial charge in [-0.25, -0.2) is 4.98 Å². The molecule has 1 aromatic rings. The Morgan fingerprint density at radius 3 is 2.72 bits per heavy atom. The van der Waals surface area contributed by atoms with E-state index in [-0.39, 0.29) is 23.6 Å². The summed E-state index contributed by atoms with van der Waals surface area (Å²) in [5.41, 5.74) is 0.582. The lowest BCUT2D eigenvalue weighted by molar-refractivity contribution is -0.144. The number of nitrogens with zero attached hydrogens (tertiary/aromatic N) is 2. The minimum Gasteiger partial charge on any atom is -0.469 e. The predicted octanol–water partition coefficient (Wildman–Crippen LogP) is 0.927. The normalized spacial score (nSPS) is 19.1. The molecule has 1 aliphatic heterocycles. The maximum absolute atomic E-state index is 12.2. The molecule has 98 valence electrons. The third-order valence-electron chi connectivity index (χ3n) is 3.11. The maximum Gasteiger partial charge on any atom is 0.310 e. The molecule has 2 heterocycles. The van der Waals surface area contributed by atoms with Crippen LogP contribution in [0, 0.1) is 19.8 Å². The van der Waals surface area contributed by atoms with E-state index in [4.69, 9.17) is 4.42 Å². The first-order valence-electron chi connectivity index (χ1n) is 5.84. The largest absolute Gasteiger partial charge is 0.469 e. The van der Waals surface area contributed by atoms with E-state index in [1.165, 1.54) is 7.11 Å². The fraction of sp³-hybridized carbons (Fsp3) is 0.583. The summed E-state index contributed by atoms with van der Waals surface area (Å²) >= 11 is 0. The van der Waals surface area contributed by atoms with Crippen molar-refractivity contribution in [2.75, 3.05) is 20.2 Å². The van der Waals surface area contributed by atoms with Crippen molar-refractivity contribution in [3.63, 3.8) is 0 Å². The first-order chi connectivity index (χ1) is 8.52. The molecule has 0 aromatic carbocycles. The van der Waals surface area contributed by atoms with Gasteiger partial charge < -0.3 is 14.1 Å². The number of methoxy groups -OCH3 is 1. The molecule has 1 fully saturated rings. The van der Waals surface area contributed by atoms with Crippen LogP contribution >= 0.6 is 0 Å². The Morgan fingerprint density at radius 2 is 2.17 bits per heavy atom. The first-order valence-corrected chi connectivity index (χ1v) is 5.84. The van der Waals surface area contributed by atoms with Gasteiger partial charge >= 0.3 is 5.97 Å². The minimum absolute atomic E-state index is 0.209. The molecule has 6 nitrogen and oxygen atoms in total.